The van der Waals surface area contributed by atoms with Gasteiger partial charge in [-0.2, -0.15) is 5.10 Å². The predicted octanol–water partition coefficient (Wildman–Crippen LogP) is 0.984. The summed E-state index contributed by atoms with van der Waals surface area (Å²) >= 11 is 0. The first-order valence-electron chi connectivity index (χ1n) is 5.94. The summed E-state index contributed by atoms with van der Waals surface area (Å²) in [4.78, 5) is 24.3. The Morgan fingerprint density at radius 3 is 3.00 bits per heavy atom. The van der Waals surface area contributed by atoms with Gasteiger partial charge < -0.3 is 15.3 Å². The van der Waals surface area contributed by atoms with Gasteiger partial charge in [0, 0.05) is 19.3 Å². The summed E-state index contributed by atoms with van der Waals surface area (Å²) in [6.45, 7) is 3.14. The molecular formula is C11H16N4O3. The van der Waals surface area contributed by atoms with E-state index in [0.717, 1.165) is 13.0 Å². The van der Waals surface area contributed by atoms with Crippen molar-refractivity contribution >= 4 is 17.7 Å². The van der Waals surface area contributed by atoms with Crippen LogP contribution in [-0.4, -0.2) is 44.4 Å². The maximum atomic E-state index is 11.9. The SMILES string of the molecule is CCn1cc(NC(=O)N2CCC[C@H]2C(=O)O)cn1. The van der Waals surface area contributed by atoms with E-state index in [4.69, 9.17) is 5.11 Å². The number of aromatic nitrogens is 2. The summed E-state index contributed by atoms with van der Waals surface area (Å²) in [6, 6.07) is -1.10. The molecule has 2 heterocycles. The second-order valence-electron chi connectivity index (χ2n) is 4.20. The molecule has 2 N–H and O–H groups in total. The fourth-order valence-corrected chi connectivity index (χ4v) is 2.06. The number of aryl methyl sites for hydroxylation is 1. The number of nitrogens with zero attached hydrogens (tertiary/aromatic N) is 3. The van der Waals surface area contributed by atoms with Crippen molar-refractivity contribution in [3.8, 4) is 0 Å². The number of carbonyl (C=O) groups excluding carboxylic acids is 1. The number of rotatable bonds is 3. The molecular weight excluding hydrogens is 236 g/mol. The van der Waals surface area contributed by atoms with Crippen LogP contribution in [0.25, 0.3) is 0 Å². The third-order valence-electron chi connectivity index (χ3n) is 3.01. The molecule has 1 aromatic rings. The first-order chi connectivity index (χ1) is 8.61. The minimum atomic E-state index is -0.952. The van der Waals surface area contributed by atoms with Crippen molar-refractivity contribution in [1.82, 2.24) is 14.7 Å². The molecule has 7 heteroatoms. The van der Waals surface area contributed by atoms with Gasteiger partial charge in [0.25, 0.3) is 0 Å². The Bertz CT molecular complexity index is 457. The highest BCUT2D eigenvalue weighted by Gasteiger charge is 2.34. The van der Waals surface area contributed by atoms with E-state index in [-0.39, 0.29) is 6.03 Å². The maximum Gasteiger partial charge on any atom is 0.326 e. The van der Waals surface area contributed by atoms with Crippen molar-refractivity contribution < 1.29 is 14.7 Å². The Morgan fingerprint density at radius 2 is 2.39 bits per heavy atom. The van der Waals surface area contributed by atoms with E-state index in [1.165, 1.54) is 4.90 Å². The molecule has 0 aromatic carbocycles. The van der Waals surface area contributed by atoms with Gasteiger partial charge in [0.2, 0.25) is 0 Å². The van der Waals surface area contributed by atoms with Gasteiger partial charge in [0.15, 0.2) is 0 Å². The van der Waals surface area contributed by atoms with Crippen LogP contribution in [0.2, 0.25) is 0 Å². The highest BCUT2D eigenvalue weighted by atomic mass is 16.4. The Kier molecular flexibility index (Phi) is 3.50. The Labute approximate surface area is 104 Å². The van der Waals surface area contributed by atoms with Crippen LogP contribution in [-0.2, 0) is 11.3 Å². The zero-order valence-electron chi connectivity index (χ0n) is 10.2. The molecule has 0 radical (unpaired) electrons. The van der Waals surface area contributed by atoms with Crippen LogP contribution in [0.3, 0.4) is 0 Å². The fourth-order valence-electron chi connectivity index (χ4n) is 2.06. The third kappa shape index (κ3) is 2.44. The lowest BCUT2D eigenvalue weighted by molar-refractivity contribution is -0.141. The first-order valence-corrected chi connectivity index (χ1v) is 5.94. The minimum absolute atomic E-state index is 0.379. The van der Waals surface area contributed by atoms with Crippen molar-refractivity contribution in [1.29, 1.82) is 0 Å². The van der Waals surface area contributed by atoms with Gasteiger partial charge in [-0.15, -0.1) is 0 Å². The molecule has 1 fully saturated rings. The lowest BCUT2D eigenvalue weighted by atomic mass is 10.2. The standard InChI is InChI=1S/C11H16N4O3/c1-2-14-7-8(6-12-14)13-11(18)15-5-3-4-9(15)10(16)17/h6-7,9H,2-5H2,1H3,(H,13,18)(H,16,17)/t9-/m0/s1. The largest absolute Gasteiger partial charge is 0.480 e. The summed E-state index contributed by atoms with van der Waals surface area (Å²) in [5, 5.41) is 15.7. The Balaban J connectivity index is 2.01. The number of carbonyl (C=O) groups is 2. The number of anilines is 1. The van der Waals surface area contributed by atoms with Crippen LogP contribution in [0.5, 0.6) is 0 Å². The normalized spacial score (nSPS) is 18.9. The highest BCUT2D eigenvalue weighted by Crippen LogP contribution is 2.18. The second-order valence-corrected chi connectivity index (χ2v) is 4.20. The van der Waals surface area contributed by atoms with Crippen LogP contribution in [0, 0.1) is 0 Å². The van der Waals surface area contributed by atoms with Crippen molar-refractivity contribution in [2.24, 2.45) is 0 Å². The topological polar surface area (TPSA) is 87.5 Å². The second kappa shape index (κ2) is 5.07. The van der Waals surface area contributed by atoms with Gasteiger partial charge in [-0.05, 0) is 19.8 Å². The number of aliphatic carboxylic acids is 1. The molecule has 1 aliphatic heterocycles. The van der Waals surface area contributed by atoms with Crippen LogP contribution in [0.4, 0.5) is 10.5 Å². The molecule has 0 spiro atoms. The molecule has 0 aliphatic carbocycles. The lowest BCUT2D eigenvalue weighted by Crippen LogP contribution is -2.42. The average Bonchev–Trinajstić information content (AvgIpc) is 2.96. The Hall–Kier alpha value is -2.05. The summed E-state index contributed by atoms with van der Waals surface area (Å²) in [5.41, 5.74) is 0.581. The van der Waals surface area contributed by atoms with E-state index in [0.29, 0.717) is 18.7 Å². The number of urea groups is 1. The maximum absolute atomic E-state index is 11.9. The van der Waals surface area contributed by atoms with Crippen molar-refractivity contribution in [3.63, 3.8) is 0 Å². The van der Waals surface area contributed by atoms with E-state index < -0.39 is 12.0 Å². The van der Waals surface area contributed by atoms with Gasteiger partial charge in [0.1, 0.15) is 6.04 Å². The lowest BCUT2D eigenvalue weighted by Gasteiger charge is -2.21. The van der Waals surface area contributed by atoms with E-state index in [2.05, 4.69) is 10.4 Å². The number of hydrogen-bond acceptors (Lipinski definition) is 3. The van der Waals surface area contributed by atoms with Crippen LogP contribution in [0.1, 0.15) is 19.8 Å². The van der Waals surface area contributed by atoms with E-state index in [1.54, 1.807) is 17.1 Å². The van der Waals surface area contributed by atoms with Crippen molar-refractivity contribution in [3.05, 3.63) is 12.4 Å². The van der Waals surface area contributed by atoms with Gasteiger partial charge in [-0.3, -0.25) is 4.68 Å². The van der Waals surface area contributed by atoms with Crippen molar-refractivity contribution in [2.75, 3.05) is 11.9 Å². The number of amides is 2. The zero-order valence-corrected chi connectivity index (χ0v) is 10.2. The first kappa shape index (κ1) is 12.4. The van der Waals surface area contributed by atoms with Gasteiger partial charge in [0.05, 0.1) is 11.9 Å². The minimum Gasteiger partial charge on any atom is -0.480 e. The van der Waals surface area contributed by atoms with Crippen LogP contribution in [0.15, 0.2) is 12.4 Å². The van der Waals surface area contributed by atoms with Crippen LogP contribution < -0.4 is 5.32 Å². The highest BCUT2D eigenvalue weighted by molar-refractivity contribution is 5.92. The summed E-state index contributed by atoms with van der Waals surface area (Å²) in [7, 11) is 0. The molecule has 1 aromatic heterocycles. The summed E-state index contributed by atoms with van der Waals surface area (Å²) in [5.74, 6) is -0.952. The molecule has 7 nitrogen and oxygen atoms in total. The van der Waals surface area contributed by atoms with Gasteiger partial charge >= 0.3 is 12.0 Å². The fraction of sp³-hybridized carbons (Fsp3) is 0.545. The summed E-state index contributed by atoms with van der Waals surface area (Å²) < 4.78 is 1.69. The molecule has 1 aliphatic rings. The smallest absolute Gasteiger partial charge is 0.326 e. The van der Waals surface area contributed by atoms with E-state index >= 15 is 0 Å². The molecule has 1 saturated heterocycles. The number of carboxylic acid groups (broad SMARTS) is 1. The molecule has 1 atom stereocenters. The van der Waals surface area contributed by atoms with Gasteiger partial charge in [-0.1, -0.05) is 0 Å². The summed E-state index contributed by atoms with van der Waals surface area (Å²) in [6.07, 6.45) is 4.49. The third-order valence-corrected chi connectivity index (χ3v) is 3.01. The quantitative estimate of drug-likeness (QED) is 0.839. The monoisotopic (exact) mass is 252 g/mol. The zero-order chi connectivity index (χ0) is 13.1. The predicted molar refractivity (Wildman–Crippen MR) is 64.3 cm³/mol. The molecule has 18 heavy (non-hydrogen) atoms. The Morgan fingerprint density at radius 1 is 1.61 bits per heavy atom. The number of carboxylic acids is 1. The number of likely N-dealkylation sites (tertiary alicyclic amines) is 1. The van der Waals surface area contributed by atoms with Crippen molar-refractivity contribution in [2.45, 2.75) is 32.4 Å². The number of hydrogen-bond donors (Lipinski definition) is 2. The average molecular weight is 252 g/mol. The molecule has 98 valence electrons. The molecule has 0 bridgehead atoms. The molecule has 0 unspecified atom stereocenters. The van der Waals surface area contributed by atoms with E-state index in [1.807, 2.05) is 6.92 Å². The molecule has 2 rings (SSSR count). The molecule has 0 saturated carbocycles. The number of nitrogens with one attached hydrogen (secondary N) is 1. The van der Waals surface area contributed by atoms with Crippen LogP contribution >= 0.6 is 0 Å². The van der Waals surface area contributed by atoms with Gasteiger partial charge in [-0.25, -0.2) is 9.59 Å². The van der Waals surface area contributed by atoms with E-state index in [9.17, 15) is 9.59 Å². The molecule has 2 amide bonds.